The van der Waals surface area contributed by atoms with Crippen LogP contribution in [-0.2, 0) is 9.13 Å². The van der Waals surface area contributed by atoms with E-state index in [1.54, 1.807) is 0 Å². The molecule has 30 heavy (non-hydrogen) atoms. The van der Waals surface area contributed by atoms with Crippen molar-refractivity contribution in [3.8, 4) is 0 Å². The maximum atomic E-state index is 8.88. The third kappa shape index (κ3) is 104. The van der Waals surface area contributed by atoms with E-state index in [4.69, 9.17) is 38.5 Å². The van der Waals surface area contributed by atoms with Crippen LogP contribution >= 0.6 is 15.6 Å². The van der Waals surface area contributed by atoms with E-state index < -0.39 is 15.6 Å². The SMILES string of the molecule is CC.CCCCCCCCCCCCCCCCC.O.O=P(O)(O)O.O=P(O)(O)O. The van der Waals surface area contributed by atoms with Crippen LogP contribution in [0.15, 0.2) is 0 Å². The molecule has 0 amide bonds. The maximum absolute atomic E-state index is 8.88. The molecule has 0 aliphatic rings. The first-order valence-corrected chi connectivity index (χ1v) is 14.1. The predicted octanol–water partition coefficient (Wildman–Crippen LogP) is 5.22. The Labute approximate surface area is 184 Å². The zero-order valence-electron chi connectivity index (χ0n) is 19.5. The molecule has 0 aromatic rings. The van der Waals surface area contributed by atoms with E-state index in [1.807, 2.05) is 13.8 Å². The summed E-state index contributed by atoms with van der Waals surface area (Å²) in [5.41, 5.74) is 0. The molecular weight excluding hydrogens is 434 g/mol. The van der Waals surface area contributed by atoms with Crippen molar-refractivity contribution >= 4 is 15.6 Å². The lowest BCUT2D eigenvalue weighted by atomic mass is 10.0. The van der Waals surface area contributed by atoms with Gasteiger partial charge in [0.2, 0.25) is 0 Å². The molecule has 0 bridgehead atoms. The van der Waals surface area contributed by atoms with E-state index in [-0.39, 0.29) is 5.48 Å². The minimum absolute atomic E-state index is 0. The van der Waals surface area contributed by atoms with E-state index in [0.717, 1.165) is 0 Å². The van der Waals surface area contributed by atoms with Gasteiger partial charge in [-0.1, -0.05) is 124 Å². The zero-order valence-corrected chi connectivity index (χ0v) is 21.3. The third-order valence-electron chi connectivity index (χ3n) is 3.71. The highest BCUT2D eigenvalue weighted by Crippen LogP contribution is 2.26. The second kappa shape index (κ2) is 31.4. The van der Waals surface area contributed by atoms with Crippen LogP contribution in [0.5, 0.6) is 0 Å². The summed E-state index contributed by atoms with van der Waals surface area (Å²) in [6.45, 7) is 8.58. The van der Waals surface area contributed by atoms with Gasteiger partial charge in [0.1, 0.15) is 0 Å². The Balaban J connectivity index is -0.000000132. The molecule has 9 nitrogen and oxygen atoms in total. The van der Waals surface area contributed by atoms with Crippen molar-refractivity contribution in [3.05, 3.63) is 0 Å². The lowest BCUT2D eigenvalue weighted by Crippen LogP contribution is -1.82. The van der Waals surface area contributed by atoms with Crippen LogP contribution in [-0.4, -0.2) is 34.8 Å². The van der Waals surface area contributed by atoms with Crippen LogP contribution in [0, 0.1) is 0 Å². The van der Waals surface area contributed by atoms with Crippen molar-refractivity contribution in [3.63, 3.8) is 0 Å². The van der Waals surface area contributed by atoms with Crippen molar-refractivity contribution in [1.29, 1.82) is 0 Å². The quantitative estimate of drug-likeness (QED) is 0.143. The van der Waals surface area contributed by atoms with Gasteiger partial charge in [-0.15, -0.1) is 0 Å². The summed E-state index contributed by atoms with van der Waals surface area (Å²) in [5.74, 6) is 0. The number of hydrogen-bond donors (Lipinski definition) is 6. The van der Waals surface area contributed by atoms with Crippen LogP contribution < -0.4 is 0 Å². The van der Waals surface area contributed by atoms with E-state index in [9.17, 15) is 0 Å². The van der Waals surface area contributed by atoms with Gasteiger partial charge >= 0.3 is 15.6 Å². The molecule has 0 atom stereocenters. The molecule has 0 saturated heterocycles. The lowest BCUT2D eigenvalue weighted by molar-refractivity contribution is 0.272. The molecule has 0 unspecified atom stereocenters. The molecule has 0 fully saturated rings. The van der Waals surface area contributed by atoms with Crippen LogP contribution in [0.3, 0.4) is 0 Å². The van der Waals surface area contributed by atoms with Gasteiger partial charge in [-0.2, -0.15) is 0 Å². The predicted molar refractivity (Wildman–Crippen MR) is 124 cm³/mol. The molecule has 8 N–H and O–H groups in total. The van der Waals surface area contributed by atoms with Crippen LogP contribution in [0.4, 0.5) is 0 Å². The Morgan fingerprint density at radius 3 is 0.633 bits per heavy atom. The molecule has 0 aromatic heterocycles. The minimum Gasteiger partial charge on any atom is -0.412 e. The molecule has 0 aliphatic carbocycles. The first kappa shape index (κ1) is 40.5. The number of hydrogen-bond acceptors (Lipinski definition) is 2. The third-order valence-corrected chi connectivity index (χ3v) is 3.71. The maximum Gasteiger partial charge on any atom is 0.466 e. The number of unbranched alkanes of at least 4 members (excludes halogenated alkanes) is 14. The largest absolute Gasteiger partial charge is 0.466 e. The van der Waals surface area contributed by atoms with Crippen LogP contribution in [0.1, 0.15) is 124 Å². The fourth-order valence-electron chi connectivity index (χ4n) is 2.44. The molecule has 0 spiro atoms. The second-order valence-electron chi connectivity index (χ2n) is 6.62. The van der Waals surface area contributed by atoms with Gasteiger partial charge in [-0.05, 0) is 0 Å². The van der Waals surface area contributed by atoms with Gasteiger partial charge in [0.15, 0.2) is 0 Å². The molecule has 0 saturated carbocycles. The van der Waals surface area contributed by atoms with Gasteiger partial charge < -0.3 is 34.8 Å². The Hall–Kier alpha value is 0.180. The first-order chi connectivity index (χ1) is 13.4. The Kier molecular flexibility index (Phi) is 42.4. The fraction of sp³-hybridized carbons (Fsp3) is 1.00. The van der Waals surface area contributed by atoms with Gasteiger partial charge in [0.25, 0.3) is 0 Å². The standard InChI is InChI=1S/C17H36.C2H6.2H3O4P.H2O/c1-3-5-7-9-11-13-15-17-16-14-12-10-8-6-4-2;1-2;2*1-5(2,3)4;/h3-17H2,1-2H3;1-2H3;2*(H3,1,2,3,4);1H2. The van der Waals surface area contributed by atoms with E-state index in [2.05, 4.69) is 13.8 Å². The average molecular weight is 485 g/mol. The van der Waals surface area contributed by atoms with Crippen molar-refractivity contribution in [2.75, 3.05) is 0 Å². The molecule has 0 aromatic carbocycles. The van der Waals surface area contributed by atoms with Crippen molar-refractivity contribution < 1.29 is 44.0 Å². The van der Waals surface area contributed by atoms with Gasteiger partial charge in [-0.3, -0.25) is 0 Å². The Morgan fingerprint density at radius 2 is 0.533 bits per heavy atom. The number of rotatable bonds is 14. The smallest absolute Gasteiger partial charge is 0.412 e. The Morgan fingerprint density at radius 1 is 0.433 bits per heavy atom. The molecule has 0 radical (unpaired) electrons. The van der Waals surface area contributed by atoms with Crippen molar-refractivity contribution in [1.82, 2.24) is 0 Å². The fourth-order valence-corrected chi connectivity index (χ4v) is 2.44. The normalized spacial score (nSPS) is 10.3. The van der Waals surface area contributed by atoms with Crippen LogP contribution in [0.25, 0.3) is 0 Å². The second-order valence-corrected chi connectivity index (χ2v) is 8.68. The summed E-state index contributed by atoms with van der Waals surface area (Å²) < 4.78 is 17.8. The van der Waals surface area contributed by atoms with Gasteiger partial charge in [0, 0.05) is 0 Å². The van der Waals surface area contributed by atoms with Crippen molar-refractivity contribution in [2.45, 2.75) is 124 Å². The van der Waals surface area contributed by atoms with Crippen molar-refractivity contribution in [2.24, 2.45) is 0 Å². The summed E-state index contributed by atoms with van der Waals surface area (Å²) in [6.07, 6.45) is 21.9. The Bertz CT molecular complexity index is 320. The molecule has 11 heteroatoms. The summed E-state index contributed by atoms with van der Waals surface area (Å²) in [7, 11) is -9.28. The summed E-state index contributed by atoms with van der Waals surface area (Å²) >= 11 is 0. The molecule has 190 valence electrons. The number of phosphoric acid groups is 2. The van der Waals surface area contributed by atoms with E-state index in [0.29, 0.717) is 0 Å². The zero-order chi connectivity index (χ0) is 23.6. The minimum atomic E-state index is -4.64. The molecule has 0 aliphatic heterocycles. The highest BCUT2D eigenvalue weighted by molar-refractivity contribution is 7.45. The van der Waals surface area contributed by atoms with Gasteiger partial charge in [0.05, 0.1) is 0 Å². The van der Waals surface area contributed by atoms with Gasteiger partial charge in [-0.25, -0.2) is 9.13 Å². The molecular formula is C19H50O9P2. The average Bonchev–Trinajstić information content (AvgIpc) is 2.58. The first-order valence-electron chi connectivity index (χ1n) is 11.0. The summed E-state index contributed by atoms with van der Waals surface area (Å²) in [5, 5.41) is 0. The monoisotopic (exact) mass is 484 g/mol. The lowest BCUT2D eigenvalue weighted by Gasteiger charge is -2.02. The van der Waals surface area contributed by atoms with E-state index >= 15 is 0 Å². The topological polar surface area (TPSA) is 187 Å². The highest BCUT2D eigenvalue weighted by Gasteiger charge is 2.00. The van der Waals surface area contributed by atoms with E-state index in [1.165, 1.54) is 96.3 Å². The van der Waals surface area contributed by atoms with Crippen LogP contribution in [0.2, 0.25) is 0 Å². The molecule has 0 rings (SSSR count). The highest BCUT2D eigenvalue weighted by atomic mass is 31.2. The summed E-state index contributed by atoms with van der Waals surface area (Å²) in [6, 6.07) is 0. The molecule has 0 heterocycles. The summed E-state index contributed by atoms with van der Waals surface area (Å²) in [4.78, 5) is 43.1.